The van der Waals surface area contributed by atoms with Gasteiger partial charge in [-0.3, -0.25) is 14.5 Å². The number of sulfonamides is 1. The number of rotatable bonds is 5. The molecule has 0 aliphatic heterocycles. The Kier molecular flexibility index (Phi) is 5.76. The molecule has 2 aromatic heterocycles. The first kappa shape index (κ1) is 20.6. The Morgan fingerprint density at radius 2 is 1.79 bits per heavy atom. The second-order valence-electron chi connectivity index (χ2n) is 5.78. The normalized spacial score (nSPS) is 11.2. The maximum Gasteiger partial charge on any atom is 0.264 e. The summed E-state index contributed by atoms with van der Waals surface area (Å²) in [5.41, 5.74) is 1.04. The minimum absolute atomic E-state index is 0.127. The van der Waals surface area contributed by atoms with Crippen LogP contribution in [0, 0.1) is 11.6 Å². The standard InChI is InChI=1S/C18H13ClF2N4O3S/c1-22-18(26)12-4-10(7-23-8-12)11-5-15(17(19)24-9-11)25-29(27,28)16-3-2-13(20)6-14(16)21/h2-9,25H,1H3,(H,22,26). The van der Waals surface area contributed by atoms with E-state index in [4.69, 9.17) is 11.6 Å². The highest BCUT2D eigenvalue weighted by molar-refractivity contribution is 7.92. The second-order valence-corrected chi connectivity index (χ2v) is 7.79. The average molecular weight is 439 g/mol. The quantitative estimate of drug-likeness (QED) is 0.595. The summed E-state index contributed by atoms with van der Waals surface area (Å²) in [7, 11) is -2.93. The molecule has 0 unspecified atom stereocenters. The summed E-state index contributed by atoms with van der Waals surface area (Å²) in [6, 6.07) is 4.98. The molecule has 1 aromatic carbocycles. The van der Waals surface area contributed by atoms with Gasteiger partial charge in [0.05, 0.1) is 11.3 Å². The molecule has 1 amide bonds. The van der Waals surface area contributed by atoms with Crippen molar-refractivity contribution in [1.29, 1.82) is 0 Å². The van der Waals surface area contributed by atoms with Gasteiger partial charge in [-0.15, -0.1) is 0 Å². The fourth-order valence-electron chi connectivity index (χ4n) is 2.44. The van der Waals surface area contributed by atoms with Crippen LogP contribution in [0.25, 0.3) is 11.1 Å². The van der Waals surface area contributed by atoms with Crippen LogP contribution in [-0.4, -0.2) is 31.3 Å². The van der Waals surface area contributed by atoms with Crippen molar-refractivity contribution in [2.75, 3.05) is 11.8 Å². The van der Waals surface area contributed by atoms with Gasteiger partial charge in [0, 0.05) is 42.8 Å². The van der Waals surface area contributed by atoms with Gasteiger partial charge >= 0.3 is 0 Å². The lowest BCUT2D eigenvalue weighted by molar-refractivity contribution is 0.0962. The minimum atomic E-state index is -4.40. The van der Waals surface area contributed by atoms with Gasteiger partial charge in [0.1, 0.15) is 16.5 Å². The molecular formula is C18H13ClF2N4O3S. The zero-order valence-corrected chi connectivity index (χ0v) is 16.4. The molecule has 3 aromatic rings. The number of aromatic nitrogens is 2. The van der Waals surface area contributed by atoms with Crippen LogP contribution in [0.15, 0.2) is 53.8 Å². The smallest absolute Gasteiger partial charge is 0.264 e. The van der Waals surface area contributed by atoms with E-state index in [2.05, 4.69) is 20.0 Å². The molecule has 3 rings (SSSR count). The minimum Gasteiger partial charge on any atom is -0.355 e. The summed E-state index contributed by atoms with van der Waals surface area (Å²) in [5.74, 6) is -2.51. The summed E-state index contributed by atoms with van der Waals surface area (Å²) in [4.78, 5) is 18.9. The van der Waals surface area contributed by atoms with Gasteiger partial charge in [0.15, 0.2) is 5.15 Å². The molecule has 0 atom stereocenters. The summed E-state index contributed by atoms with van der Waals surface area (Å²) < 4.78 is 54.1. The third-order valence-electron chi connectivity index (χ3n) is 3.83. The van der Waals surface area contributed by atoms with E-state index in [1.807, 2.05) is 0 Å². The molecule has 150 valence electrons. The van der Waals surface area contributed by atoms with Crippen LogP contribution in [0.5, 0.6) is 0 Å². The van der Waals surface area contributed by atoms with E-state index >= 15 is 0 Å². The fourth-order valence-corrected chi connectivity index (χ4v) is 3.76. The monoisotopic (exact) mass is 438 g/mol. The Morgan fingerprint density at radius 1 is 1.07 bits per heavy atom. The third kappa shape index (κ3) is 4.49. The lowest BCUT2D eigenvalue weighted by atomic mass is 10.1. The van der Waals surface area contributed by atoms with E-state index < -0.39 is 26.6 Å². The van der Waals surface area contributed by atoms with Crippen molar-refractivity contribution >= 4 is 33.2 Å². The zero-order valence-electron chi connectivity index (χ0n) is 14.8. The van der Waals surface area contributed by atoms with E-state index in [0.717, 1.165) is 12.1 Å². The number of carbonyl (C=O) groups excluding carboxylic acids is 1. The Bertz CT molecular complexity index is 1210. The topological polar surface area (TPSA) is 101 Å². The second kappa shape index (κ2) is 8.10. The number of hydrogen-bond acceptors (Lipinski definition) is 5. The lowest BCUT2D eigenvalue weighted by Gasteiger charge is -2.12. The maximum absolute atomic E-state index is 13.9. The third-order valence-corrected chi connectivity index (χ3v) is 5.53. The molecule has 7 nitrogen and oxygen atoms in total. The molecule has 2 heterocycles. The average Bonchev–Trinajstić information content (AvgIpc) is 2.68. The van der Waals surface area contributed by atoms with Crippen LogP contribution >= 0.6 is 11.6 Å². The van der Waals surface area contributed by atoms with Gasteiger partial charge in [0.2, 0.25) is 0 Å². The highest BCUT2D eigenvalue weighted by atomic mass is 35.5. The number of carbonyl (C=O) groups is 1. The predicted molar refractivity (Wildman–Crippen MR) is 103 cm³/mol. The largest absolute Gasteiger partial charge is 0.355 e. The molecule has 0 radical (unpaired) electrons. The van der Waals surface area contributed by atoms with Crippen molar-refractivity contribution < 1.29 is 22.0 Å². The Balaban J connectivity index is 1.99. The Morgan fingerprint density at radius 3 is 2.48 bits per heavy atom. The summed E-state index contributed by atoms with van der Waals surface area (Å²) in [5, 5.41) is 2.28. The molecule has 0 aliphatic carbocycles. The summed E-state index contributed by atoms with van der Waals surface area (Å²) >= 11 is 5.97. The van der Waals surface area contributed by atoms with Crippen LogP contribution < -0.4 is 10.0 Å². The fraction of sp³-hybridized carbons (Fsp3) is 0.0556. The number of hydrogen-bond donors (Lipinski definition) is 2. The van der Waals surface area contributed by atoms with Crippen molar-refractivity contribution in [2.45, 2.75) is 4.90 Å². The van der Waals surface area contributed by atoms with Crippen molar-refractivity contribution in [3.05, 3.63) is 71.3 Å². The zero-order chi connectivity index (χ0) is 21.2. The van der Waals surface area contributed by atoms with Crippen LogP contribution in [0.4, 0.5) is 14.5 Å². The van der Waals surface area contributed by atoms with E-state index in [0.29, 0.717) is 17.2 Å². The van der Waals surface area contributed by atoms with Crippen LogP contribution in [0.1, 0.15) is 10.4 Å². The van der Waals surface area contributed by atoms with Crippen LogP contribution in [0.3, 0.4) is 0 Å². The van der Waals surface area contributed by atoms with Crippen LogP contribution in [-0.2, 0) is 10.0 Å². The lowest BCUT2D eigenvalue weighted by Crippen LogP contribution is -2.18. The first-order valence-corrected chi connectivity index (χ1v) is 9.88. The van der Waals surface area contributed by atoms with Crippen LogP contribution in [0.2, 0.25) is 5.15 Å². The maximum atomic E-state index is 13.9. The highest BCUT2D eigenvalue weighted by Crippen LogP contribution is 2.29. The van der Waals surface area contributed by atoms with Gasteiger partial charge in [0.25, 0.3) is 15.9 Å². The number of pyridine rings is 2. The van der Waals surface area contributed by atoms with Gasteiger partial charge in [-0.1, -0.05) is 11.6 Å². The van der Waals surface area contributed by atoms with E-state index in [1.54, 1.807) is 0 Å². The van der Waals surface area contributed by atoms with Crippen molar-refractivity contribution in [3.8, 4) is 11.1 Å². The Labute approximate surface area is 169 Å². The number of amides is 1. The van der Waals surface area contributed by atoms with E-state index in [1.165, 1.54) is 37.8 Å². The van der Waals surface area contributed by atoms with E-state index in [9.17, 15) is 22.0 Å². The predicted octanol–water partition coefficient (Wildman–Crippen LogP) is 3.24. The number of nitrogens with one attached hydrogen (secondary N) is 2. The molecule has 0 aliphatic rings. The van der Waals surface area contributed by atoms with Gasteiger partial charge in [-0.2, -0.15) is 0 Å². The van der Waals surface area contributed by atoms with Crippen molar-refractivity contribution in [3.63, 3.8) is 0 Å². The number of anilines is 1. The molecule has 0 spiro atoms. The van der Waals surface area contributed by atoms with Gasteiger partial charge in [-0.05, 0) is 24.3 Å². The summed E-state index contributed by atoms with van der Waals surface area (Å²) in [6.07, 6.45) is 4.19. The summed E-state index contributed by atoms with van der Waals surface area (Å²) in [6.45, 7) is 0. The van der Waals surface area contributed by atoms with Gasteiger partial charge < -0.3 is 5.32 Å². The Hall–Kier alpha value is -3.11. The first-order valence-electron chi connectivity index (χ1n) is 8.02. The van der Waals surface area contributed by atoms with E-state index in [-0.39, 0.29) is 22.3 Å². The number of benzene rings is 1. The molecule has 29 heavy (non-hydrogen) atoms. The van der Waals surface area contributed by atoms with Crippen molar-refractivity contribution in [2.24, 2.45) is 0 Å². The number of halogens is 3. The molecule has 0 bridgehead atoms. The van der Waals surface area contributed by atoms with Crippen molar-refractivity contribution in [1.82, 2.24) is 15.3 Å². The molecule has 0 saturated carbocycles. The molecule has 2 N–H and O–H groups in total. The molecule has 0 saturated heterocycles. The highest BCUT2D eigenvalue weighted by Gasteiger charge is 2.21. The first-order chi connectivity index (χ1) is 13.7. The SMILES string of the molecule is CNC(=O)c1cncc(-c2cnc(Cl)c(NS(=O)(=O)c3ccc(F)cc3F)c2)c1. The molecule has 11 heteroatoms. The molecular weight excluding hydrogens is 426 g/mol. The molecule has 0 fully saturated rings. The number of nitrogens with zero attached hydrogens (tertiary/aromatic N) is 2. The van der Waals surface area contributed by atoms with Gasteiger partial charge in [-0.25, -0.2) is 22.2 Å².